The zero-order chi connectivity index (χ0) is 20.0. The molecule has 0 aliphatic carbocycles. The molecule has 146 valence electrons. The summed E-state index contributed by atoms with van der Waals surface area (Å²) < 4.78 is 5.12. The number of ether oxygens (including phenoxy) is 1. The van der Waals surface area contributed by atoms with Crippen molar-refractivity contribution in [2.45, 2.75) is 85.7 Å². The number of rotatable bonds is 11. The summed E-state index contributed by atoms with van der Waals surface area (Å²) in [5, 5.41) is 9.25. The molecular weight excluding hydrogens is 328 g/mol. The predicted octanol–water partition coefficient (Wildman–Crippen LogP) is 5.01. The number of hydrogen-bond donors (Lipinski definition) is 1. The van der Waals surface area contributed by atoms with Gasteiger partial charge in [-0.2, -0.15) is 0 Å². The van der Waals surface area contributed by atoms with E-state index < -0.39 is 17.0 Å². The van der Waals surface area contributed by atoms with Crippen LogP contribution in [0.2, 0.25) is 0 Å². The first-order valence-corrected chi connectivity index (χ1v) is 9.42. The highest BCUT2D eigenvalue weighted by Gasteiger charge is 2.26. The molecule has 0 saturated carbocycles. The van der Waals surface area contributed by atoms with Crippen molar-refractivity contribution in [3.8, 4) is 0 Å². The number of carboxylic acids is 1. The van der Waals surface area contributed by atoms with Gasteiger partial charge in [0.2, 0.25) is 0 Å². The SMILES string of the molecule is Cc1cc(CCCC(C)(C)OC=O)c(C)c(CCCC(C)(C)C(=O)O)c1. The summed E-state index contributed by atoms with van der Waals surface area (Å²) in [6.07, 6.45) is 5.16. The van der Waals surface area contributed by atoms with E-state index in [0.29, 0.717) is 12.9 Å². The van der Waals surface area contributed by atoms with Gasteiger partial charge in [0.1, 0.15) is 5.60 Å². The van der Waals surface area contributed by atoms with Gasteiger partial charge in [-0.15, -0.1) is 0 Å². The summed E-state index contributed by atoms with van der Waals surface area (Å²) >= 11 is 0. The number of aliphatic carboxylic acids is 1. The van der Waals surface area contributed by atoms with E-state index in [1.54, 1.807) is 13.8 Å². The minimum Gasteiger partial charge on any atom is -0.481 e. The van der Waals surface area contributed by atoms with Crippen molar-refractivity contribution in [2.24, 2.45) is 5.41 Å². The molecule has 1 aromatic rings. The first kappa shape index (κ1) is 22.2. The fourth-order valence-corrected chi connectivity index (χ4v) is 3.25. The van der Waals surface area contributed by atoms with E-state index in [-0.39, 0.29) is 0 Å². The Kier molecular flexibility index (Phi) is 7.86. The van der Waals surface area contributed by atoms with Crippen LogP contribution in [0.25, 0.3) is 0 Å². The highest BCUT2D eigenvalue weighted by molar-refractivity contribution is 5.73. The Morgan fingerprint density at radius 2 is 1.54 bits per heavy atom. The fourth-order valence-electron chi connectivity index (χ4n) is 3.25. The Labute approximate surface area is 158 Å². The number of carbonyl (C=O) groups is 2. The highest BCUT2D eigenvalue weighted by atomic mass is 16.5. The normalized spacial score (nSPS) is 12.1. The molecule has 0 aliphatic rings. The molecule has 0 amide bonds. The third-order valence-electron chi connectivity index (χ3n) is 5.19. The van der Waals surface area contributed by atoms with Gasteiger partial charge in [0.25, 0.3) is 6.47 Å². The standard InChI is InChI=1S/C22H34O4/c1-16-13-18(9-7-11-21(3,4)20(24)25)17(2)19(14-16)10-8-12-22(5,6)26-15-23/h13-15H,7-12H2,1-6H3,(H,24,25). The fraction of sp³-hybridized carbons (Fsp3) is 0.636. The van der Waals surface area contributed by atoms with Gasteiger partial charge in [-0.1, -0.05) is 17.7 Å². The van der Waals surface area contributed by atoms with Crippen LogP contribution in [0.5, 0.6) is 0 Å². The third-order valence-corrected chi connectivity index (χ3v) is 5.19. The molecule has 0 unspecified atom stereocenters. The van der Waals surface area contributed by atoms with Crippen LogP contribution >= 0.6 is 0 Å². The Balaban J connectivity index is 2.72. The molecule has 1 aromatic carbocycles. The topological polar surface area (TPSA) is 63.6 Å². The average molecular weight is 363 g/mol. The van der Waals surface area contributed by atoms with Crippen molar-refractivity contribution >= 4 is 12.4 Å². The Morgan fingerprint density at radius 3 is 2.00 bits per heavy atom. The van der Waals surface area contributed by atoms with E-state index in [0.717, 1.165) is 32.1 Å². The van der Waals surface area contributed by atoms with Crippen LogP contribution < -0.4 is 0 Å². The lowest BCUT2D eigenvalue weighted by atomic mass is 9.85. The number of carboxylic acid groups (broad SMARTS) is 1. The second-order valence-electron chi connectivity index (χ2n) is 8.58. The maximum Gasteiger partial charge on any atom is 0.309 e. The third kappa shape index (κ3) is 6.81. The van der Waals surface area contributed by atoms with Crippen molar-refractivity contribution in [1.29, 1.82) is 0 Å². The molecular formula is C22H34O4. The maximum absolute atomic E-state index is 11.3. The minimum absolute atomic E-state index is 0.426. The number of carbonyl (C=O) groups excluding carboxylic acids is 1. The average Bonchev–Trinajstić information content (AvgIpc) is 2.50. The molecule has 1 N–H and O–H groups in total. The molecule has 4 heteroatoms. The van der Waals surface area contributed by atoms with Gasteiger partial charge in [-0.25, -0.2) is 0 Å². The van der Waals surface area contributed by atoms with Crippen molar-refractivity contribution < 1.29 is 19.4 Å². The van der Waals surface area contributed by atoms with Crippen molar-refractivity contribution in [1.82, 2.24) is 0 Å². The van der Waals surface area contributed by atoms with Crippen molar-refractivity contribution in [3.63, 3.8) is 0 Å². The molecule has 0 radical (unpaired) electrons. The van der Waals surface area contributed by atoms with E-state index in [1.807, 2.05) is 13.8 Å². The monoisotopic (exact) mass is 362 g/mol. The molecule has 26 heavy (non-hydrogen) atoms. The lowest BCUT2D eigenvalue weighted by Gasteiger charge is -2.23. The predicted molar refractivity (Wildman–Crippen MR) is 104 cm³/mol. The molecule has 0 atom stereocenters. The second-order valence-corrected chi connectivity index (χ2v) is 8.58. The molecule has 0 aliphatic heterocycles. The molecule has 0 saturated heterocycles. The summed E-state index contributed by atoms with van der Waals surface area (Å²) in [5.41, 5.74) is 4.08. The second kappa shape index (κ2) is 9.20. The lowest BCUT2D eigenvalue weighted by molar-refractivity contribution is -0.147. The zero-order valence-electron chi connectivity index (χ0n) is 17.1. The van der Waals surface area contributed by atoms with Crippen LogP contribution in [0.3, 0.4) is 0 Å². The highest BCUT2D eigenvalue weighted by Crippen LogP contribution is 2.26. The Bertz CT molecular complexity index is 629. The molecule has 0 bridgehead atoms. The Hall–Kier alpha value is -1.84. The summed E-state index contributed by atoms with van der Waals surface area (Å²) in [4.78, 5) is 21.8. The van der Waals surface area contributed by atoms with Crippen LogP contribution in [0.1, 0.15) is 75.6 Å². The van der Waals surface area contributed by atoms with E-state index in [1.165, 1.54) is 22.3 Å². The maximum atomic E-state index is 11.3. The van der Waals surface area contributed by atoms with Crippen LogP contribution in [0.4, 0.5) is 0 Å². The van der Waals surface area contributed by atoms with E-state index in [2.05, 4.69) is 26.0 Å². The summed E-state index contributed by atoms with van der Waals surface area (Å²) in [6.45, 7) is 12.2. The van der Waals surface area contributed by atoms with Gasteiger partial charge in [0.15, 0.2) is 0 Å². The molecule has 1 rings (SSSR count). The van der Waals surface area contributed by atoms with E-state index >= 15 is 0 Å². The first-order chi connectivity index (χ1) is 12.0. The van der Waals surface area contributed by atoms with Crippen molar-refractivity contribution in [2.75, 3.05) is 0 Å². The molecule has 0 heterocycles. The summed E-state index contributed by atoms with van der Waals surface area (Å²) in [5.74, 6) is -0.737. The molecule has 0 fully saturated rings. The number of hydrogen-bond acceptors (Lipinski definition) is 3. The summed E-state index contributed by atoms with van der Waals surface area (Å²) in [6, 6.07) is 4.44. The molecule has 0 aromatic heterocycles. The molecule has 4 nitrogen and oxygen atoms in total. The minimum atomic E-state index is -0.737. The quantitative estimate of drug-likeness (QED) is 0.562. The number of benzene rings is 1. The van der Waals surface area contributed by atoms with Crippen molar-refractivity contribution in [3.05, 3.63) is 34.4 Å². The van der Waals surface area contributed by atoms with Crippen LogP contribution in [-0.2, 0) is 27.2 Å². The molecule has 0 spiro atoms. The van der Waals surface area contributed by atoms with Gasteiger partial charge < -0.3 is 9.84 Å². The van der Waals surface area contributed by atoms with Crippen LogP contribution in [-0.4, -0.2) is 23.1 Å². The number of aryl methyl sites for hydroxylation is 3. The summed E-state index contributed by atoms with van der Waals surface area (Å²) in [7, 11) is 0. The van der Waals surface area contributed by atoms with Gasteiger partial charge in [0.05, 0.1) is 5.41 Å². The smallest absolute Gasteiger partial charge is 0.309 e. The van der Waals surface area contributed by atoms with Gasteiger partial charge in [-0.3, -0.25) is 9.59 Å². The zero-order valence-corrected chi connectivity index (χ0v) is 17.1. The largest absolute Gasteiger partial charge is 0.481 e. The first-order valence-electron chi connectivity index (χ1n) is 9.42. The van der Waals surface area contributed by atoms with E-state index in [4.69, 9.17) is 4.74 Å². The van der Waals surface area contributed by atoms with Gasteiger partial charge in [0, 0.05) is 0 Å². The van der Waals surface area contributed by atoms with Crippen LogP contribution in [0.15, 0.2) is 12.1 Å². The Morgan fingerprint density at radius 1 is 1.04 bits per heavy atom. The van der Waals surface area contributed by atoms with Gasteiger partial charge >= 0.3 is 5.97 Å². The van der Waals surface area contributed by atoms with E-state index in [9.17, 15) is 14.7 Å². The van der Waals surface area contributed by atoms with Crippen LogP contribution in [0, 0.1) is 19.3 Å². The lowest BCUT2D eigenvalue weighted by Crippen LogP contribution is -2.23. The van der Waals surface area contributed by atoms with Gasteiger partial charge in [-0.05, 0) is 96.8 Å².